The molecule has 0 saturated carbocycles. The quantitative estimate of drug-likeness (QED) is 0.789. The minimum atomic E-state index is -4.06. The van der Waals surface area contributed by atoms with Crippen LogP contribution in [-0.4, -0.2) is 27.1 Å². The van der Waals surface area contributed by atoms with Crippen LogP contribution in [0, 0.1) is 0 Å². The van der Waals surface area contributed by atoms with Crippen LogP contribution in [0.3, 0.4) is 0 Å². The summed E-state index contributed by atoms with van der Waals surface area (Å²) in [4.78, 5) is 0. The molecule has 0 fully saturated rings. The summed E-state index contributed by atoms with van der Waals surface area (Å²) in [5.41, 5.74) is 0.670. The summed E-state index contributed by atoms with van der Waals surface area (Å²) in [7, 11) is -2.27. The highest BCUT2D eigenvalue weighted by atomic mass is 32.3. The highest BCUT2D eigenvalue weighted by Crippen LogP contribution is 2.45. The molecule has 1 aliphatic heterocycles. The smallest absolute Gasteiger partial charge is 0.501 e. The number of nitrogens with one attached hydrogen (secondary N) is 1. The zero-order valence-electron chi connectivity index (χ0n) is 8.56. The van der Waals surface area contributed by atoms with Crippen molar-refractivity contribution in [2.75, 3.05) is 13.6 Å². The molecule has 0 spiro atoms. The Morgan fingerprint density at radius 2 is 2.00 bits per heavy atom. The van der Waals surface area contributed by atoms with Crippen molar-refractivity contribution < 1.29 is 21.9 Å². The second-order valence-corrected chi connectivity index (χ2v) is 4.48. The van der Waals surface area contributed by atoms with Crippen LogP contribution in [0.1, 0.15) is 5.56 Å². The Morgan fingerprint density at radius 1 is 1.31 bits per heavy atom. The van der Waals surface area contributed by atoms with Gasteiger partial charge in [-0.25, -0.2) is 0 Å². The third-order valence-electron chi connectivity index (χ3n) is 2.19. The van der Waals surface area contributed by atoms with E-state index in [1.807, 2.05) is 0 Å². The van der Waals surface area contributed by atoms with Gasteiger partial charge in [-0.15, -0.1) is 8.42 Å². The Labute approximate surface area is 93.1 Å². The van der Waals surface area contributed by atoms with Crippen molar-refractivity contribution in [2.45, 2.75) is 6.42 Å². The highest BCUT2D eigenvalue weighted by molar-refractivity contribution is 7.82. The van der Waals surface area contributed by atoms with Crippen LogP contribution in [0.5, 0.6) is 17.2 Å². The van der Waals surface area contributed by atoms with E-state index in [-0.39, 0.29) is 17.2 Å². The molecule has 2 rings (SSSR count). The minimum Gasteiger partial charge on any atom is -0.504 e. The summed E-state index contributed by atoms with van der Waals surface area (Å²) in [5, 5.41) is 12.4. The van der Waals surface area contributed by atoms with Crippen molar-refractivity contribution in [3.05, 3.63) is 17.7 Å². The van der Waals surface area contributed by atoms with Gasteiger partial charge in [-0.3, -0.25) is 0 Å². The summed E-state index contributed by atoms with van der Waals surface area (Å²) < 4.78 is 31.4. The average molecular weight is 245 g/mol. The first-order valence-electron chi connectivity index (χ1n) is 4.67. The number of fused-ring (bicyclic) bond motifs is 1. The molecule has 88 valence electrons. The van der Waals surface area contributed by atoms with Gasteiger partial charge < -0.3 is 18.8 Å². The normalized spacial score (nSPS) is 16.3. The van der Waals surface area contributed by atoms with Gasteiger partial charge in [0, 0.05) is 5.56 Å². The molecular formula is C9H11NO5S. The van der Waals surface area contributed by atoms with E-state index in [9.17, 15) is 13.5 Å². The number of hydrogen-bond donors (Lipinski definition) is 2. The molecule has 16 heavy (non-hydrogen) atoms. The number of phenols is 1. The van der Waals surface area contributed by atoms with Crippen LogP contribution in [-0.2, 0) is 16.8 Å². The number of aromatic hydroxyl groups is 1. The molecule has 0 bridgehead atoms. The first-order chi connectivity index (χ1) is 7.53. The number of benzene rings is 1. The zero-order valence-corrected chi connectivity index (χ0v) is 9.37. The lowest BCUT2D eigenvalue weighted by Crippen LogP contribution is -2.11. The second-order valence-electron chi connectivity index (χ2n) is 3.33. The van der Waals surface area contributed by atoms with Crippen LogP contribution in [0.15, 0.2) is 12.1 Å². The zero-order chi connectivity index (χ0) is 11.8. The number of likely N-dealkylation sites (N-methyl/N-ethyl adjacent to an activating group) is 1. The lowest BCUT2D eigenvalue weighted by molar-refractivity contribution is 0.419. The van der Waals surface area contributed by atoms with Crippen molar-refractivity contribution in [3.63, 3.8) is 0 Å². The molecule has 1 aliphatic rings. The standard InChI is InChI=1S/C9H11NO5S/c1-10-5-4-6-2-3-7(11)9-8(6)14-16(12,13)15-9/h2-3,10-11H,4-5H2,1H3. The Kier molecular flexibility index (Phi) is 2.64. The number of phenolic OH excluding ortho intramolecular Hbond substituents is 1. The molecule has 0 amide bonds. The predicted octanol–water partition coefficient (Wildman–Crippen LogP) is 0.170. The van der Waals surface area contributed by atoms with E-state index in [4.69, 9.17) is 0 Å². The van der Waals surface area contributed by atoms with Crippen molar-refractivity contribution in [1.29, 1.82) is 0 Å². The summed E-state index contributed by atoms with van der Waals surface area (Å²) in [6, 6.07) is 2.99. The van der Waals surface area contributed by atoms with Gasteiger partial charge >= 0.3 is 10.4 Å². The van der Waals surface area contributed by atoms with Crippen molar-refractivity contribution in [2.24, 2.45) is 0 Å². The maximum atomic E-state index is 11.1. The van der Waals surface area contributed by atoms with Gasteiger partial charge in [0.05, 0.1) is 0 Å². The summed E-state index contributed by atoms with van der Waals surface area (Å²) in [6.07, 6.45) is 0.581. The minimum absolute atomic E-state index is 0.0789. The maximum Gasteiger partial charge on any atom is 0.501 e. The van der Waals surface area contributed by atoms with Gasteiger partial charge in [0.2, 0.25) is 5.75 Å². The molecule has 1 aromatic carbocycles. The van der Waals surface area contributed by atoms with Gasteiger partial charge in [0.15, 0.2) is 11.5 Å². The second kappa shape index (κ2) is 3.84. The Balaban J connectivity index is 2.42. The average Bonchev–Trinajstić information content (AvgIpc) is 2.54. The molecule has 0 aliphatic carbocycles. The molecule has 2 N–H and O–H groups in total. The highest BCUT2D eigenvalue weighted by Gasteiger charge is 2.33. The van der Waals surface area contributed by atoms with Gasteiger partial charge in [0.25, 0.3) is 0 Å². The van der Waals surface area contributed by atoms with Crippen molar-refractivity contribution in [3.8, 4) is 17.2 Å². The topological polar surface area (TPSA) is 84.9 Å². The SMILES string of the molecule is CNCCc1ccc(O)c2c1OS(=O)(=O)O2. The van der Waals surface area contributed by atoms with Gasteiger partial charge in [-0.05, 0) is 26.1 Å². The lowest BCUT2D eigenvalue weighted by atomic mass is 10.1. The molecule has 1 aromatic rings. The molecule has 0 atom stereocenters. The van der Waals surface area contributed by atoms with Crippen LogP contribution in [0.2, 0.25) is 0 Å². The molecule has 0 radical (unpaired) electrons. The van der Waals surface area contributed by atoms with Crippen molar-refractivity contribution >= 4 is 10.4 Å². The predicted molar refractivity (Wildman–Crippen MR) is 55.9 cm³/mol. The number of hydrogen-bond acceptors (Lipinski definition) is 6. The third kappa shape index (κ3) is 1.91. The summed E-state index contributed by atoms with van der Waals surface area (Å²) in [6.45, 7) is 0.667. The van der Waals surface area contributed by atoms with Crippen LogP contribution in [0.4, 0.5) is 0 Å². The van der Waals surface area contributed by atoms with E-state index in [1.54, 1.807) is 13.1 Å². The fourth-order valence-electron chi connectivity index (χ4n) is 1.44. The van der Waals surface area contributed by atoms with E-state index in [2.05, 4.69) is 13.7 Å². The van der Waals surface area contributed by atoms with E-state index in [0.717, 1.165) is 0 Å². The Morgan fingerprint density at radius 3 is 2.69 bits per heavy atom. The molecule has 6 nitrogen and oxygen atoms in total. The molecule has 0 unspecified atom stereocenters. The van der Waals surface area contributed by atoms with Gasteiger partial charge in [0.1, 0.15) is 0 Å². The molecule has 1 heterocycles. The molecule has 0 aromatic heterocycles. The van der Waals surface area contributed by atoms with Gasteiger partial charge in [-0.2, -0.15) is 0 Å². The monoisotopic (exact) mass is 245 g/mol. The fourth-order valence-corrected chi connectivity index (χ4v) is 2.23. The first-order valence-corrected chi connectivity index (χ1v) is 6.00. The maximum absolute atomic E-state index is 11.1. The van der Waals surface area contributed by atoms with Gasteiger partial charge in [-0.1, -0.05) is 6.07 Å². The van der Waals surface area contributed by atoms with E-state index in [0.29, 0.717) is 18.5 Å². The van der Waals surface area contributed by atoms with E-state index >= 15 is 0 Å². The molecular weight excluding hydrogens is 234 g/mol. The Hall–Kier alpha value is -1.47. The lowest BCUT2D eigenvalue weighted by Gasteiger charge is -2.04. The van der Waals surface area contributed by atoms with Crippen LogP contribution in [0.25, 0.3) is 0 Å². The summed E-state index contributed by atoms with van der Waals surface area (Å²) in [5.74, 6) is -0.298. The third-order valence-corrected chi connectivity index (χ3v) is 2.93. The number of rotatable bonds is 3. The molecule has 7 heteroatoms. The first kappa shape index (κ1) is 11.0. The Bertz CT molecular complexity index is 511. The molecule has 0 saturated heterocycles. The van der Waals surface area contributed by atoms with Crippen molar-refractivity contribution in [1.82, 2.24) is 5.32 Å². The van der Waals surface area contributed by atoms with Crippen LogP contribution < -0.4 is 13.7 Å². The summed E-state index contributed by atoms with van der Waals surface area (Å²) >= 11 is 0. The van der Waals surface area contributed by atoms with E-state index < -0.39 is 10.4 Å². The fraction of sp³-hybridized carbons (Fsp3) is 0.333. The van der Waals surface area contributed by atoms with Crippen LogP contribution >= 0.6 is 0 Å². The largest absolute Gasteiger partial charge is 0.504 e. The van der Waals surface area contributed by atoms with E-state index in [1.165, 1.54) is 6.07 Å².